The van der Waals surface area contributed by atoms with Gasteiger partial charge in [0.1, 0.15) is 0 Å². The lowest BCUT2D eigenvalue weighted by Gasteiger charge is -2.11. The maximum atomic E-state index is 5.60. The lowest BCUT2D eigenvalue weighted by molar-refractivity contribution is 0.403. The van der Waals surface area contributed by atoms with E-state index in [1.54, 1.807) is 0 Å². The van der Waals surface area contributed by atoms with E-state index >= 15 is 0 Å². The highest BCUT2D eigenvalue weighted by Crippen LogP contribution is 2.19. The van der Waals surface area contributed by atoms with E-state index in [0.29, 0.717) is 0 Å². The van der Waals surface area contributed by atoms with Crippen molar-refractivity contribution in [3.05, 3.63) is 29.8 Å². The van der Waals surface area contributed by atoms with Gasteiger partial charge in [-0.2, -0.15) is 4.99 Å². The quantitative estimate of drug-likeness (QED) is 0.504. The van der Waals surface area contributed by atoms with Gasteiger partial charge in [-0.25, -0.2) is 4.99 Å². The van der Waals surface area contributed by atoms with Gasteiger partial charge in [-0.1, -0.05) is 18.2 Å². The minimum absolute atomic E-state index is 0.0520. The average Bonchev–Trinajstić information content (AvgIpc) is 2.18. The zero-order valence-electron chi connectivity index (χ0n) is 10.1. The Morgan fingerprint density at radius 1 is 1.18 bits per heavy atom. The molecule has 1 rings (SSSR count). The van der Waals surface area contributed by atoms with Crippen LogP contribution in [0, 0.1) is 0 Å². The highest BCUT2D eigenvalue weighted by Gasteiger charge is 2.02. The van der Waals surface area contributed by atoms with Crippen LogP contribution in [-0.4, -0.2) is 30.9 Å². The molecule has 1 aromatic carbocycles. The molecule has 6 heteroatoms. The number of para-hydroxylation sites is 1. The van der Waals surface area contributed by atoms with Crippen molar-refractivity contribution >= 4 is 17.6 Å². The van der Waals surface area contributed by atoms with Crippen molar-refractivity contribution in [1.82, 2.24) is 4.90 Å². The summed E-state index contributed by atoms with van der Waals surface area (Å²) in [7, 11) is 3.97. The van der Waals surface area contributed by atoms with Crippen LogP contribution < -0.4 is 17.2 Å². The van der Waals surface area contributed by atoms with E-state index in [9.17, 15) is 0 Å². The minimum atomic E-state index is -0.101. The number of nitrogens with zero attached hydrogens (tertiary/aromatic N) is 3. The molecule has 0 atom stereocenters. The van der Waals surface area contributed by atoms with Crippen LogP contribution >= 0.6 is 0 Å². The molecule has 0 aliphatic heterocycles. The fraction of sp³-hybridized carbons (Fsp3) is 0.273. The summed E-state index contributed by atoms with van der Waals surface area (Å²) < 4.78 is 0. The Morgan fingerprint density at radius 2 is 1.82 bits per heavy atom. The third-order valence-electron chi connectivity index (χ3n) is 1.96. The fourth-order valence-corrected chi connectivity index (χ4v) is 1.37. The normalized spacial score (nSPS) is 11.6. The monoisotopic (exact) mass is 234 g/mol. The van der Waals surface area contributed by atoms with Gasteiger partial charge in [0, 0.05) is 6.54 Å². The fourth-order valence-electron chi connectivity index (χ4n) is 1.37. The van der Waals surface area contributed by atoms with Crippen molar-refractivity contribution in [3.63, 3.8) is 0 Å². The predicted molar refractivity (Wildman–Crippen MR) is 70.9 cm³/mol. The van der Waals surface area contributed by atoms with Crippen molar-refractivity contribution in [2.24, 2.45) is 27.2 Å². The summed E-state index contributed by atoms with van der Waals surface area (Å²) in [4.78, 5) is 9.90. The van der Waals surface area contributed by atoms with E-state index in [2.05, 4.69) is 9.98 Å². The Hall–Kier alpha value is -2.08. The molecule has 6 nitrogen and oxygen atoms in total. The van der Waals surface area contributed by atoms with Gasteiger partial charge in [-0.05, 0) is 25.7 Å². The maximum Gasteiger partial charge on any atom is 0.223 e. The summed E-state index contributed by atoms with van der Waals surface area (Å²) in [5.74, 6) is -0.0486. The first-order valence-electron chi connectivity index (χ1n) is 5.15. The molecule has 0 saturated carbocycles. The molecule has 1 aromatic rings. The zero-order chi connectivity index (χ0) is 12.8. The van der Waals surface area contributed by atoms with Crippen molar-refractivity contribution in [2.75, 3.05) is 14.1 Å². The van der Waals surface area contributed by atoms with Crippen LogP contribution in [0.2, 0.25) is 0 Å². The van der Waals surface area contributed by atoms with Gasteiger partial charge in [0.2, 0.25) is 5.96 Å². The standard InChI is InChI=1S/C11H18N6/c1-17(2)7-8-5-3-4-6-9(8)15-11(14)16-10(12)13/h3-6H,7H2,1-2H3,(H6,12,13,14,15,16). The number of nitrogens with two attached hydrogens (primary N) is 3. The largest absolute Gasteiger partial charge is 0.370 e. The molecular formula is C11H18N6. The second-order valence-corrected chi connectivity index (χ2v) is 3.87. The molecule has 0 spiro atoms. The second-order valence-electron chi connectivity index (χ2n) is 3.87. The van der Waals surface area contributed by atoms with Crippen LogP contribution in [0.25, 0.3) is 0 Å². The lowest BCUT2D eigenvalue weighted by Crippen LogP contribution is -2.26. The van der Waals surface area contributed by atoms with E-state index in [4.69, 9.17) is 17.2 Å². The van der Waals surface area contributed by atoms with Gasteiger partial charge in [0.05, 0.1) is 5.69 Å². The van der Waals surface area contributed by atoms with Gasteiger partial charge < -0.3 is 22.1 Å². The third-order valence-corrected chi connectivity index (χ3v) is 1.96. The average molecular weight is 234 g/mol. The van der Waals surface area contributed by atoms with Crippen LogP contribution in [0.3, 0.4) is 0 Å². The highest BCUT2D eigenvalue weighted by molar-refractivity contribution is 5.93. The Labute approximate surface area is 101 Å². The van der Waals surface area contributed by atoms with Gasteiger partial charge in [-0.3, -0.25) is 0 Å². The molecule has 0 bridgehead atoms. The Kier molecular flexibility index (Phi) is 4.47. The molecular weight excluding hydrogens is 216 g/mol. The molecule has 0 heterocycles. The van der Waals surface area contributed by atoms with Crippen molar-refractivity contribution in [1.29, 1.82) is 0 Å². The first-order chi connectivity index (χ1) is 7.99. The van der Waals surface area contributed by atoms with E-state index in [1.165, 1.54) is 0 Å². The first kappa shape index (κ1) is 13.0. The number of benzene rings is 1. The van der Waals surface area contributed by atoms with Crippen molar-refractivity contribution in [2.45, 2.75) is 6.54 Å². The minimum Gasteiger partial charge on any atom is -0.370 e. The Morgan fingerprint density at radius 3 is 2.41 bits per heavy atom. The molecule has 6 N–H and O–H groups in total. The molecule has 17 heavy (non-hydrogen) atoms. The summed E-state index contributed by atoms with van der Waals surface area (Å²) in [5, 5.41) is 0. The highest BCUT2D eigenvalue weighted by atomic mass is 15.1. The summed E-state index contributed by atoms with van der Waals surface area (Å²) >= 11 is 0. The summed E-state index contributed by atoms with van der Waals surface area (Å²) in [6.45, 7) is 0.773. The van der Waals surface area contributed by atoms with Crippen LogP contribution in [0.5, 0.6) is 0 Å². The number of aliphatic imine (C=N–C) groups is 2. The maximum absolute atomic E-state index is 5.60. The first-order valence-corrected chi connectivity index (χ1v) is 5.15. The van der Waals surface area contributed by atoms with E-state index < -0.39 is 0 Å². The summed E-state index contributed by atoms with van der Waals surface area (Å²) in [6, 6.07) is 7.70. The molecule has 0 aliphatic carbocycles. The zero-order valence-corrected chi connectivity index (χ0v) is 10.1. The molecule has 92 valence electrons. The summed E-state index contributed by atoms with van der Waals surface area (Å²) in [6.07, 6.45) is 0. The van der Waals surface area contributed by atoms with Crippen LogP contribution in [-0.2, 0) is 6.54 Å². The third kappa shape index (κ3) is 4.52. The molecule has 0 unspecified atom stereocenters. The second kappa shape index (κ2) is 5.86. The molecule has 0 aliphatic rings. The topological polar surface area (TPSA) is 106 Å². The van der Waals surface area contributed by atoms with Gasteiger partial charge >= 0.3 is 0 Å². The molecule has 0 fully saturated rings. The number of guanidine groups is 2. The van der Waals surface area contributed by atoms with E-state index in [1.807, 2.05) is 43.3 Å². The number of hydrogen-bond acceptors (Lipinski definition) is 2. The Balaban J connectivity index is 3.01. The number of rotatable bonds is 3. The van der Waals surface area contributed by atoms with Crippen LogP contribution in [0.15, 0.2) is 34.3 Å². The van der Waals surface area contributed by atoms with Crippen molar-refractivity contribution < 1.29 is 0 Å². The van der Waals surface area contributed by atoms with Crippen LogP contribution in [0.4, 0.5) is 5.69 Å². The predicted octanol–water partition coefficient (Wildman–Crippen LogP) is -0.0322. The van der Waals surface area contributed by atoms with Crippen LogP contribution in [0.1, 0.15) is 5.56 Å². The van der Waals surface area contributed by atoms with E-state index in [0.717, 1.165) is 17.8 Å². The number of hydrogen-bond donors (Lipinski definition) is 3. The van der Waals surface area contributed by atoms with E-state index in [-0.39, 0.29) is 11.9 Å². The molecule has 0 saturated heterocycles. The van der Waals surface area contributed by atoms with Gasteiger partial charge in [-0.15, -0.1) is 0 Å². The SMILES string of the molecule is CN(C)Cc1ccccc1N=C(N)N=C(N)N. The van der Waals surface area contributed by atoms with Crippen molar-refractivity contribution in [3.8, 4) is 0 Å². The molecule has 0 aromatic heterocycles. The Bertz CT molecular complexity index is 431. The van der Waals surface area contributed by atoms with Gasteiger partial charge in [0.15, 0.2) is 5.96 Å². The smallest absolute Gasteiger partial charge is 0.223 e. The van der Waals surface area contributed by atoms with Gasteiger partial charge in [0.25, 0.3) is 0 Å². The molecule has 0 radical (unpaired) electrons. The lowest BCUT2D eigenvalue weighted by atomic mass is 10.2. The summed E-state index contributed by atoms with van der Waals surface area (Å²) in [5.41, 5.74) is 17.9. The molecule has 0 amide bonds.